The lowest BCUT2D eigenvalue weighted by Gasteiger charge is -2.63. The SMILES string of the molecule is C=C1O[C@](C)(CC)C(C)(O)C(C)(O)[C@@]1(C)O[C@]1(C)OC(CO)[C@H](OS(=O)(=O)[O-])[C@@](C)(OC)C1O. The second-order valence-corrected chi connectivity index (χ2v) is 11.0. The highest BCUT2D eigenvalue weighted by atomic mass is 32.3. The first kappa shape index (κ1) is 29.4. The molecule has 0 aromatic rings. The Bertz CT molecular complexity index is 903. The molecule has 2 saturated heterocycles. The third-order valence-electron chi connectivity index (χ3n) is 8.04. The molecule has 0 aliphatic carbocycles. The summed E-state index contributed by atoms with van der Waals surface area (Å²) in [5.41, 5.74) is -9.08. The quantitative estimate of drug-likeness (QED) is 0.258. The van der Waals surface area contributed by atoms with Crippen LogP contribution in [0.3, 0.4) is 0 Å². The normalized spacial score (nSPS) is 50.1. The van der Waals surface area contributed by atoms with E-state index in [1.54, 1.807) is 13.8 Å². The van der Waals surface area contributed by atoms with Gasteiger partial charge < -0.3 is 43.9 Å². The molecule has 13 heteroatoms. The van der Waals surface area contributed by atoms with Crippen LogP contribution in [0.4, 0.5) is 0 Å². The molecule has 2 fully saturated rings. The first-order chi connectivity index (χ1) is 15.1. The van der Waals surface area contributed by atoms with E-state index in [0.717, 1.165) is 7.11 Å². The van der Waals surface area contributed by atoms with E-state index in [0.29, 0.717) is 6.42 Å². The molecule has 4 unspecified atom stereocenters. The van der Waals surface area contributed by atoms with E-state index in [2.05, 4.69) is 10.8 Å². The number of hydrogen-bond donors (Lipinski definition) is 4. The topological polar surface area (TPSA) is 184 Å². The Kier molecular flexibility index (Phi) is 7.44. The summed E-state index contributed by atoms with van der Waals surface area (Å²) in [5, 5.41) is 44.2. The average Bonchev–Trinajstić information content (AvgIpc) is 2.71. The van der Waals surface area contributed by atoms with Crippen molar-refractivity contribution in [2.45, 2.75) is 107 Å². The second-order valence-electron chi connectivity index (χ2n) is 9.96. The Morgan fingerprint density at radius 1 is 1.12 bits per heavy atom. The fourth-order valence-corrected chi connectivity index (χ4v) is 5.46. The van der Waals surface area contributed by atoms with Crippen LogP contribution in [-0.2, 0) is 33.5 Å². The predicted molar refractivity (Wildman–Crippen MR) is 116 cm³/mol. The van der Waals surface area contributed by atoms with Crippen LogP contribution in [0.15, 0.2) is 12.3 Å². The van der Waals surface area contributed by atoms with Crippen molar-refractivity contribution in [1.29, 1.82) is 0 Å². The number of aliphatic hydroxyl groups excluding tert-OH is 2. The van der Waals surface area contributed by atoms with Crippen LogP contribution in [0, 0.1) is 0 Å². The van der Waals surface area contributed by atoms with Gasteiger partial charge in [0.05, 0.1) is 6.61 Å². The van der Waals surface area contributed by atoms with Gasteiger partial charge in [-0.2, -0.15) is 0 Å². The molecule has 2 heterocycles. The van der Waals surface area contributed by atoms with Gasteiger partial charge in [-0.1, -0.05) is 13.5 Å². The zero-order chi connectivity index (χ0) is 26.8. The molecule has 12 nitrogen and oxygen atoms in total. The first-order valence-corrected chi connectivity index (χ1v) is 12.1. The van der Waals surface area contributed by atoms with E-state index < -0.39 is 69.1 Å². The molecule has 200 valence electrons. The molecule has 0 amide bonds. The summed E-state index contributed by atoms with van der Waals surface area (Å²) in [7, 11) is -4.15. The van der Waals surface area contributed by atoms with Crippen LogP contribution in [0.5, 0.6) is 0 Å². The minimum atomic E-state index is -5.29. The largest absolute Gasteiger partial charge is 0.726 e. The zero-order valence-electron chi connectivity index (χ0n) is 20.8. The molecule has 9 atom stereocenters. The third-order valence-corrected chi connectivity index (χ3v) is 8.48. The fraction of sp³-hybridized carbons (Fsp3) is 0.905. The predicted octanol–water partition coefficient (Wildman–Crippen LogP) is -0.305. The highest BCUT2D eigenvalue weighted by molar-refractivity contribution is 7.80. The Balaban J connectivity index is 2.60. The van der Waals surface area contributed by atoms with Gasteiger partial charge in [-0.3, -0.25) is 4.18 Å². The van der Waals surface area contributed by atoms with E-state index in [1.807, 2.05) is 0 Å². The van der Waals surface area contributed by atoms with Crippen LogP contribution in [0.2, 0.25) is 0 Å². The summed E-state index contributed by atoms with van der Waals surface area (Å²) < 4.78 is 61.7. The number of aliphatic hydroxyl groups is 4. The monoisotopic (exact) mass is 513 g/mol. The molecular weight excluding hydrogens is 476 g/mol. The highest BCUT2D eigenvalue weighted by Crippen LogP contribution is 2.55. The molecule has 2 aliphatic rings. The minimum absolute atomic E-state index is 0.0782. The number of methoxy groups -OCH3 is 1. The van der Waals surface area contributed by atoms with Gasteiger partial charge in [0.1, 0.15) is 46.5 Å². The Labute approximate surface area is 200 Å². The summed E-state index contributed by atoms with van der Waals surface area (Å²) in [5.74, 6) is -2.20. The van der Waals surface area contributed by atoms with Crippen LogP contribution < -0.4 is 0 Å². The molecule has 4 N–H and O–H groups in total. The Hall–Kier alpha value is -0.870. The average molecular weight is 514 g/mol. The maximum absolute atomic E-state index is 11.6. The van der Waals surface area contributed by atoms with E-state index in [1.165, 1.54) is 34.6 Å². The van der Waals surface area contributed by atoms with E-state index >= 15 is 0 Å². The smallest absolute Gasteiger partial charge is 0.218 e. The molecule has 34 heavy (non-hydrogen) atoms. The van der Waals surface area contributed by atoms with Crippen LogP contribution in [0.25, 0.3) is 0 Å². The van der Waals surface area contributed by atoms with Gasteiger partial charge >= 0.3 is 0 Å². The van der Waals surface area contributed by atoms with Gasteiger partial charge in [-0.25, -0.2) is 8.42 Å². The zero-order valence-corrected chi connectivity index (χ0v) is 21.6. The molecule has 2 rings (SSSR count). The van der Waals surface area contributed by atoms with Crippen LogP contribution >= 0.6 is 0 Å². The molecule has 0 spiro atoms. The van der Waals surface area contributed by atoms with Crippen molar-refractivity contribution >= 4 is 10.4 Å². The van der Waals surface area contributed by atoms with Crippen molar-refractivity contribution < 1.29 is 56.5 Å². The van der Waals surface area contributed by atoms with Gasteiger partial charge in [0.2, 0.25) is 10.4 Å². The van der Waals surface area contributed by atoms with E-state index in [-0.39, 0.29) is 5.76 Å². The van der Waals surface area contributed by atoms with Crippen molar-refractivity contribution in [3.05, 3.63) is 12.3 Å². The van der Waals surface area contributed by atoms with Crippen LogP contribution in [0.1, 0.15) is 54.9 Å². The molecule has 0 radical (unpaired) electrons. The summed E-state index contributed by atoms with van der Waals surface area (Å²) >= 11 is 0. The van der Waals surface area contributed by atoms with Crippen molar-refractivity contribution in [3.63, 3.8) is 0 Å². The first-order valence-electron chi connectivity index (χ1n) is 10.8. The van der Waals surface area contributed by atoms with E-state index in [4.69, 9.17) is 18.9 Å². The van der Waals surface area contributed by atoms with Crippen molar-refractivity contribution in [3.8, 4) is 0 Å². The number of rotatable bonds is 7. The molecule has 0 saturated carbocycles. The maximum atomic E-state index is 11.6. The molecule has 2 aliphatic heterocycles. The van der Waals surface area contributed by atoms with Gasteiger partial charge in [-0.05, 0) is 48.0 Å². The second kappa shape index (κ2) is 8.61. The maximum Gasteiger partial charge on any atom is 0.218 e. The molecule has 0 aromatic heterocycles. The summed E-state index contributed by atoms with van der Waals surface area (Å²) in [6.07, 6.45) is -4.81. The lowest BCUT2D eigenvalue weighted by Crippen LogP contribution is -2.80. The molecule has 0 aromatic carbocycles. The lowest BCUT2D eigenvalue weighted by molar-refractivity contribution is -0.428. The van der Waals surface area contributed by atoms with E-state index in [9.17, 15) is 33.4 Å². The summed E-state index contributed by atoms with van der Waals surface area (Å²) in [4.78, 5) is 0. The van der Waals surface area contributed by atoms with Crippen molar-refractivity contribution in [2.24, 2.45) is 0 Å². The lowest BCUT2D eigenvalue weighted by atomic mass is 9.62. The van der Waals surface area contributed by atoms with Crippen molar-refractivity contribution in [1.82, 2.24) is 0 Å². The highest BCUT2D eigenvalue weighted by Gasteiger charge is 2.72. The van der Waals surface area contributed by atoms with Gasteiger partial charge in [0.15, 0.2) is 11.4 Å². The van der Waals surface area contributed by atoms with Crippen molar-refractivity contribution in [2.75, 3.05) is 13.7 Å². The summed E-state index contributed by atoms with van der Waals surface area (Å²) in [6.45, 7) is 13.0. The molecule has 0 bridgehead atoms. The standard InChI is InChI=1S/C21H38O12S/c1-10-16(3)20(7,24)21(8,25)18(5,12(2)30-16)33-19(6)15(23)17(4,29-9)14(13(11-22)31-19)32-34(26,27)28/h13-15,22-25H,2,10-11H2,1,3-9H3,(H,26,27,28)/p-1/t13?,14-,15?,16+,17+,18-,19-,20?,21?/m0/s1. The Morgan fingerprint density at radius 3 is 2.06 bits per heavy atom. The summed E-state index contributed by atoms with van der Waals surface area (Å²) in [6, 6.07) is 0. The third kappa shape index (κ3) is 4.09. The van der Waals surface area contributed by atoms with Crippen LogP contribution in [-0.4, -0.2) is 99.2 Å². The molecular formula is C21H37O12S-. The Morgan fingerprint density at radius 2 is 1.65 bits per heavy atom. The fourth-order valence-electron chi connectivity index (χ4n) is 4.89. The van der Waals surface area contributed by atoms with Gasteiger partial charge in [0.25, 0.3) is 0 Å². The van der Waals surface area contributed by atoms with Gasteiger partial charge in [-0.15, -0.1) is 0 Å². The minimum Gasteiger partial charge on any atom is -0.726 e. The number of hydrogen-bond acceptors (Lipinski definition) is 12. The number of ether oxygens (including phenoxy) is 4. The van der Waals surface area contributed by atoms with Gasteiger partial charge in [0, 0.05) is 7.11 Å².